The van der Waals surface area contributed by atoms with E-state index >= 15 is 0 Å². The summed E-state index contributed by atoms with van der Waals surface area (Å²) in [5, 5.41) is 6.05. The normalized spacial score (nSPS) is 17.0. The van der Waals surface area contributed by atoms with Crippen LogP contribution in [0.15, 0.2) is 53.4 Å². The number of nitrogens with zero attached hydrogens (tertiary/aromatic N) is 3. The topological polar surface area (TPSA) is 136 Å². The lowest BCUT2D eigenvalue weighted by atomic mass is 10.1. The van der Waals surface area contributed by atoms with Gasteiger partial charge in [0.1, 0.15) is 11.9 Å². The number of rotatable bonds is 7. The molecule has 0 radical (unpaired) electrons. The van der Waals surface area contributed by atoms with Crippen LogP contribution in [-0.4, -0.2) is 65.2 Å². The lowest BCUT2D eigenvalue weighted by molar-refractivity contribution is -0.119. The second-order valence-electron chi connectivity index (χ2n) is 7.87. The fourth-order valence-electron chi connectivity index (χ4n) is 3.78. The molecule has 0 aliphatic carbocycles. The molecule has 3 aromatic rings. The number of methoxy groups -OCH3 is 1. The number of anilines is 2. The molecule has 1 fully saturated rings. The molecule has 1 aliphatic heterocycles. The summed E-state index contributed by atoms with van der Waals surface area (Å²) in [6.07, 6.45) is 2.62. The van der Waals surface area contributed by atoms with E-state index in [9.17, 15) is 14.4 Å². The molecule has 11 nitrogen and oxygen atoms in total. The number of benzene rings is 1. The van der Waals surface area contributed by atoms with E-state index in [1.54, 1.807) is 43.3 Å². The van der Waals surface area contributed by atoms with Crippen LogP contribution >= 0.6 is 11.6 Å². The molecule has 1 saturated heterocycles. The number of halogens is 1. The minimum atomic E-state index is -0.770. The van der Waals surface area contributed by atoms with Gasteiger partial charge in [0.05, 0.1) is 12.7 Å². The Hall–Kier alpha value is -3.96. The maximum atomic E-state index is 13.1. The molecule has 188 valence electrons. The maximum Gasteiger partial charge on any atom is 0.360 e. The largest absolute Gasteiger partial charge is 0.461 e. The van der Waals surface area contributed by atoms with Gasteiger partial charge >= 0.3 is 12.0 Å². The van der Waals surface area contributed by atoms with Crippen LogP contribution in [0.3, 0.4) is 0 Å². The molecule has 2 N–H and O–H groups in total. The summed E-state index contributed by atoms with van der Waals surface area (Å²) in [7, 11) is 1.54. The Bertz CT molecular complexity index is 1230. The van der Waals surface area contributed by atoms with Gasteiger partial charge in [0, 0.05) is 42.5 Å². The second-order valence-corrected chi connectivity index (χ2v) is 8.31. The van der Waals surface area contributed by atoms with Gasteiger partial charge in [0.2, 0.25) is 5.91 Å². The molecule has 0 saturated carbocycles. The third kappa shape index (κ3) is 5.64. The molecule has 12 heteroatoms. The number of ether oxygens (including phenoxy) is 2. The van der Waals surface area contributed by atoms with Crippen LogP contribution in [0.4, 0.5) is 16.3 Å². The summed E-state index contributed by atoms with van der Waals surface area (Å²) in [5.74, 6) is -0.542. The molecule has 36 heavy (non-hydrogen) atoms. The number of likely N-dealkylation sites (tertiary alicyclic amines) is 1. The van der Waals surface area contributed by atoms with E-state index in [2.05, 4.69) is 20.6 Å². The average molecular weight is 514 g/mol. The van der Waals surface area contributed by atoms with E-state index in [-0.39, 0.29) is 36.5 Å². The van der Waals surface area contributed by atoms with Gasteiger partial charge in [0.15, 0.2) is 17.8 Å². The summed E-state index contributed by atoms with van der Waals surface area (Å²) in [4.78, 5) is 47.6. The molecule has 0 spiro atoms. The van der Waals surface area contributed by atoms with Gasteiger partial charge in [-0.15, -0.1) is 0 Å². The Morgan fingerprint density at radius 2 is 1.92 bits per heavy atom. The van der Waals surface area contributed by atoms with Crippen molar-refractivity contribution >= 4 is 41.0 Å². The van der Waals surface area contributed by atoms with Crippen molar-refractivity contribution in [2.45, 2.75) is 25.5 Å². The number of urea groups is 1. The highest BCUT2D eigenvalue weighted by molar-refractivity contribution is 6.30. The minimum Gasteiger partial charge on any atom is -0.461 e. The number of carbonyl (C=O) groups excluding carboxylic acids is 3. The van der Waals surface area contributed by atoms with Crippen LogP contribution in [0.25, 0.3) is 11.3 Å². The van der Waals surface area contributed by atoms with E-state index in [0.717, 1.165) is 6.39 Å². The number of oxazole rings is 1. The summed E-state index contributed by atoms with van der Waals surface area (Å²) < 4.78 is 15.7. The average Bonchev–Trinajstić information content (AvgIpc) is 3.54. The van der Waals surface area contributed by atoms with E-state index in [1.165, 1.54) is 18.2 Å². The van der Waals surface area contributed by atoms with Crippen molar-refractivity contribution in [1.29, 1.82) is 0 Å². The number of nitrogens with one attached hydrogen (secondary N) is 2. The van der Waals surface area contributed by atoms with Crippen LogP contribution in [0.1, 0.15) is 23.8 Å². The minimum absolute atomic E-state index is 0.0364. The Morgan fingerprint density at radius 1 is 1.14 bits per heavy atom. The van der Waals surface area contributed by atoms with Crippen molar-refractivity contribution in [3.63, 3.8) is 0 Å². The Morgan fingerprint density at radius 3 is 2.58 bits per heavy atom. The number of hydrogen-bond acceptors (Lipinski definition) is 8. The summed E-state index contributed by atoms with van der Waals surface area (Å²) >= 11 is 5.90. The quantitative estimate of drug-likeness (QED) is 0.455. The van der Waals surface area contributed by atoms with Gasteiger partial charge in [-0.3, -0.25) is 4.79 Å². The Labute approximate surface area is 211 Å². The monoisotopic (exact) mass is 513 g/mol. The van der Waals surface area contributed by atoms with Crippen LogP contribution in [0, 0.1) is 0 Å². The van der Waals surface area contributed by atoms with Crippen LogP contribution < -0.4 is 10.6 Å². The highest BCUT2D eigenvalue weighted by atomic mass is 35.5. The number of aromatic nitrogens is 2. The third-order valence-corrected chi connectivity index (χ3v) is 5.82. The number of carbonyl (C=O) groups is 3. The first kappa shape index (κ1) is 25.1. The van der Waals surface area contributed by atoms with Crippen molar-refractivity contribution in [2.75, 3.05) is 30.9 Å². The number of esters is 1. The molecule has 2 unspecified atom stereocenters. The molecular weight excluding hydrogens is 490 g/mol. The third-order valence-electron chi connectivity index (χ3n) is 5.57. The van der Waals surface area contributed by atoms with Gasteiger partial charge in [-0.2, -0.15) is 0 Å². The van der Waals surface area contributed by atoms with Crippen molar-refractivity contribution in [3.8, 4) is 11.3 Å². The lowest BCUT2D eigenvalue weighted by Crippen LogP contribution is -2.45. The van der Waals surface area contributed by atoms with Crippen molar-refractivity contribution in [3.05, 3.63) is 59.7 Å². The van der Waals surface area contributed by atoms with Gasteiger partial charge in [-0.05, 0) is 43.3 Å². The van der Waals surface area contributed by atoms with Crippen LogP contribution in [0.5, 0.6) is 0 Å². The van der Waals surface area contributed by atoms with Crippen molar-refractivity contribution in [1.82, 2.24) is 14.9 Å². The molecule has 0 bridgehead atoms. The van der Waals surface area contributed by atoms with Crippen LogP contribution in [0.2, 0.25) is 5.02 Å². The number of amides is 3. The first-order valence-corrected chi connectivity index (χ1v) is 11.5. The van der Waals surface area contributed by atoms with E-state index < -0.39 is 23.9 Å². The van der Waals surface area contributed by atoms with E-state index in [0.29, 0.717) is 22.7 Å². The number of hydrogen-bond donors (Lipinski definition) is 2. The van der Waals surface area contributed by atoms with Gasteiger partial charge in [0.25, 0.3) is 0 Å². The zero-order valence-corrected chi connectivity index (χ0v) is 20.3. The highest BCUT2D eigenvalue weighted by Gasteiger charge is 2.40. The highest BCUT2D eigenvalue weighted by Crippen LogP contribution is 2.26. The maximum absolute atomic E-state index is 13.1. The Balaban J connectivity index is 1.44. The van der Waals surface area contributed by atoms with Crippen molar-refractivity contribution < 1.29 is 28.3 Å². The first-order chi connectivity index (χ1) is 17.4. The predicted octanol–water partition coefficient (Wildman–Crippen LogP) is 3.83. The predicted molar refractivity (Wildman–Crippen MR) is 131 cm³/mol. The van der Waals surface area contributed by atoms with Gasteiger partial charge < -0.3 is 29.4 Å². The zero-order valence-electron chi connectivity index (χ0n) is 19.6. The molecule has 3 amide bonds. The molecule has 2 aromatic heterocycles. The van der Waals surface area contributed by atoms with Gasteiger partial charge in [-0.1, -0.05) is 11.6 Å². The SMILES string of the molecule is CCOC(=O)c1ncoc1-c1ccc(NC(=O)C2CC(OC)CN2C(=O)Nc2ccc(Cl)cc2)nc1. The second kappa shape index (κ2) is 11.2. The molecule has 3 heterocycles. The Kier molecular flexibility index (Phi) is 7.81. The smallest absolute Gasteiger partial charge is 0.360 e. The molecule has 2 atom stereocenters. The zero-order chi connectivity index (χ0) is 25.7. The molecule has 1 aliphatic rings. The molecule has 1 aromatic carbocycles. The van der Waals surface area contributed by atoms with Gasteiger partial charge in [-0.25, -0.2) is 19.6 Å². The fourth-order valence-corrected chi connectivity index (χ4v) is 3.90. The standard InChI is InChI=1S/C24H24ClN5O6/c1-3-35-23(32)20-21(36-13-27-20)14-4-9-19(26-11-14)29-22(31)18-10-17(34-2)12-30(18)24(33)28-16-7-5-15(25)6-8-16/h4-9,11,13,17-18H,3,10,12H2,1-2H3,(H,28,33)(H,26,29,31). The summed E-state index contributed by atoms with van der Waals surface area (Å²) in [6.45, 7) is 2.15. The van der Waals surface area contributed by atoms with Crippen molar-refractivity contribution in [2.24, 2.45) is 0 Å². The fraction of sp³-hybridized carbons (Fsp3) is 0.292. The summed E-state index contributed by atoms with van der Waals surface area (Å²) in [5.41, 5.74) is 1.07. The molecule has 4 rings (SSSR count). The van der Waals surface area contributed by atoms with Crippen LogP contribution in [-0.2, 0) is 14.3 Å². The molecular formula is C24H24ClN5O6. The lowest BCUT2D eigenvalue weighted by Gasteiger charge is -2.24. The van der Waals surface area contributed by atoms with E-state index in [1.807, 2.05) is 0 Å². The first-order valence-electron chi connectivity index (χ1n) is 11.1. The van der Waals surface area contributed by atoms with E-state index in [4.69, 9.17) is 25.5 Å². The number of pyridine rings is 1. The summed E-state index contributed by atoms with van der Waals surface area (Å²) in [6, 6.07) is 8.65.